The van der Waals surface area contributed by atoms with Gasteiger partial charge in [0.05, 0.1) is 5.41 Å². The normalized spacial score (nSPS) is 14.2. The Morgan fingerprint density at radius 3 is 1.71 bits per heavy atom. The largest absolute Gasteiger partial charge is 0.481 e. The first-order chi connectivity index (χ1) is 13.1. The van der Waals surface area contributed by atoms with Crippen LogP contribution in [0.4, 0.5) is 0 Å². The van der Waals surface area contributed by atoms with E-state index in [1.165, 1.54) is 0 Å². The minimum absolute atomic E-state index is 0.0495. The summed E-state index contributed by atoms with van der Waals surface area (Å²) in [6.45, 7) is 14.1. The Balaban J connectivity index is 2.83. The van der Waals surface area contributed by atoms with Crippen LogP contribution in [0, 0.1) is 11.3 Å². The third-order valence-corrected chi connectivity index (χ3v) is 6.61. The quantitative estimate of drug-likeness (QED) is 0.495. The van der Waals surface area contributed by atoms with E-state index in [9.17, 15) is 9.90 Å². The summed E-state index contributed by atoms with van der Waals surface area (Å²) in [5.41, 5.74) is -0.0693. The number of hydrogen-bond acceptors (Lipinski definition) is 2. The van der Waals surface area contributed by atoms with Gasteiger partial charge in [0.25, 0.3) is 0 Å². The van der Waals surface area contributed by atoms with Crippen molar-refractivity contribution in [1.29, 1.82) is 0 Å². The van der Waals surface area contributed by atoms with E-state index in [0.29, 0.717) is 0 Å². The van der Waals surface area contributed by atoms with Gasteiger partial charge in [-0.15, -0.1) is 6.58 Å². The van der Waals surface area contributed by atoms with E-state index in [4.69, 9.17) is 4.43 Å². The monoisotopic (exact) mass is 396 g/mol. The number of hydrogen-bond donors (Lipinski definition) is 1. The molecule has 1 N–H and O–H groups in total. The molecule has 0 aromatic heterocycles. The van der Waals surface area contributed by atoms with Crippen molar-refractivity contribution < 1.29 is 14.3 Å². The van der Waals surface area contributed by atoms with E-state index in [-0.39, 0.29) is 5.04 Å². The standard InChI is InChI=1S/C24H32O3Si/c1-7-20(23(5,6)21(25)26)24(27-28-22(2,3)4,18-14-10-8-11-15-18)19-16-12-9-13-17-19/h7-17,20H,1,28H2,2-6H3,(H,25,26). The number of carboxylic acids is 1. The van der Waals surface area contributed by atoms with Gasteiger partial charge in [-0.3, -0.25) is 4.79 Å². The van der Waals surface area contributed by atoms with Crippen molar-refractivity contribution in [3.63, 3.8) is 0 Å². The second-order valence-corrected chi connectivity index (χ2v) is 11.8. The van der Waals surface area contributed by atoms with Crippen molar-refractivity contribution in [3.8, 4) is 0 Å². The molecule has 0 fully saturated rings. The van der Waals surface area contributed by atoms with Crippen LogP contribution in [-0.4, -0.2) is 20.8 Å². The fourth-order valence-corrected chi connectivity index (χ4v) is 4.76. The predicted molar refractivity (Wildman–Crippen MR) is 118 cm³/mol. The van der Waals surface area contributed by atoms with Crippen LogP contribution in [0.2, 0.25) is 5.04 Å². The zero-order chi connectivity index (χ0) is 21.0. The number of carbonyl (C=O) groups is 1. The summed E-state index contributed by atoms with van der Waals surface area (Å²) >= 11 is 0. The summed E-state index contributed by atoms with van der Waals surface area (Å²) in [6, 6.07) is 19.9. The van der Waals surface area contributed by atoms with E-state index in [1.807, 2.05) is 60.7 Å². The number of carboxylic acid groups (broad SMARTS) is 1. The molecule has 2 aromatic carbocycles. The van der Waals surface area contributed by atoms with Gasteiger partial charge in [-0.2, -0.15) is 0 Å². The smallest absolute Gasteiger partial charge is 0.309 e. The summed E-state index contributed by atoms with van der Waals surface area (Å²) in [4.78, 5) is 12.2. The molecule has 4 heteroatoms. The first-order valence-electron chi connectivity index (χ1n) is 9.66. The molecular weight excluding hydrogens is 364 g/mol. The lowest BCUT2D eigenvalue weighted by Crippen LogP contribution is -2.49. The Morgan fingerprint density at radius 2 is 1.39 bits per heavy atom. The molecule has 2 aromatic rings. The Morgan fingerprint density at radius 1 is 0.964 bits per heavy atom. The van der Waals surface area contributed by atoms with E-state index in [1.54, 1.807) is 19.9 Å². The topological polar surface area (TPSA) is 46.5 Å². The third kappa shape index (κ3) is 4.45. The molecule has 0 bridgehead atoms. The minimum atomic E-state index is -1.07. The van der Waals surface area contributed by atoms with E-state index >= 15 is 0 Å². The van der Waals surface area contributed by atoms with Crippen molar-refractivity contribution in [1.82, 2.24) is 0 Å². The van der Waals surface area contributed by atoms with Gasteiger partial charge in [-0.25, -0.2) is 0 Å². The van der Waals surface area contributed by atoms with Crippen LogP contribution in [0.15, 0.2) is 73.3 Å². The maximum atomic E-state index is 12.2. The van der Waals surface area contributed by atoms with Crippen LogP contribution in [0.3, 0.4) is 0 Å². The highest BCUT2D eigenvalue weighted by atomic mass is 28.2. The Bertz CT molecular complexity index is 752. The van der Waals surface area contributed by atoms with Crippen molar-refractivity contribution in [3.05, 3.63) is 84.4 Å². The highest BCUT2D eigenvalue weighted by Crippen LogP contribution is 2.49. The molecule has 0 heterocycles. The lowest BCUT2D eigenvalue weighted by molar-refractivity contribution is -0.153. The lowest BCUT2D eigenvalue weighted by Gasteiger charge is -2.47. The van der Waals surface area contributed by atoms with Crippen LogP contribution in [0.1, 0.15) is 45.7 Å². The second kappa shape index (κ2) is 8.46. The van der Waals surface area contributed by atoms with E-state index in [0.717, 1.165) is 11.1 Å². The summed E-state index contributed by atoms with van der Waals surface area (Å²) in [6.07, 6.45) is 1.76. The van der Waals surface area contributed by atoms with Gasteiger partial charge >= 0.3 is 5.97 Å². The molecule has 1 unspecified atom stereocenters. The molecule has 0 saturated carbocycles. The molecule has 0 aliphatic carbocycles. The molecule has 0 radical (unpaired) electrons. The zero-order valence-corrected chi connectivity index (χ0v) is 19.0. The Hall–Kier alpha value is -2.17. The molecule has 2 rings (SSSR count). The fourth-order valence-electron chi connectivity index (χ4n) is 3.59. The molecule has 0 spiro atoms. The Labute approximate surface area is 171 Å². The summed E-state index contributed by atoms with van der Waals surface area (Å²) in [5.74, 6) is -1.33. The predicted octanol–water partition coefficient (Wildman–Crippen LogP) is 5.16. The zero-order valence-electron chi connectivity index (χ0n) is 17.6. The minimum Gasteiger partial charge on any atom is -0.481 e. The molecule has 0 saturated heterocycles. The molecule has 0 amide bonds. The van der Waals surface area contributed by atoms with Gasteiger partial charge in [-0.1, -0.05) is 87.5 Å². The van der Waals surface area contributed by atoms with Crippen LogP contribution < -0.4 is 0 Å². The van der Waals surface area contributed by atoms with Gasteiger partial charge in [-0.05, 0) is 30.0 Å². The number of benzene rings is 2. The van der Waals surface area contributed by atoms with Crippen LogP contribution in [0.25, 0.3) is 0 Å². The van der Waals surface area contributed by atoms with Crippen molar-refractivity contribution in [2.75, 3.05) is 0 Å². The average molecular weight is 397 g/mol. The average Bonchev–Trinajstić information content (AvgIpc) is 2.65. The molecule has 150 valence electrons. The molecule has 3 nitrogen and oxygen atoms in total. The lowest BCUT2D eigenvalue weighted by atomic mass is 9.64. The van der Waals surface area contributed by atoms with Crippen molar-refractivity contribution >= 4 is 15.7 Å². The molecule has 0 aliphatic heterocycles. The van der Waals surface area contributed by atoms with Crippen LogP contribution in [-0.2, 0) is 14.8 Å². The van der Waals surface area contributed by atoms with Gasteiger partial charge in [0, 0.05) is 5.92 Å². The fraction of sp³-hybridized carbons (Fsp3) is 0.375. The Kier molecular flexibility index (Phi) is 6.68. The number of aliphatic carboxylic acids is 1. The third-order valence-electron chi connectivity index (χ3n) is 5.14. The molecular formula is C24H32O3Si. The molecule has 28 heavy (non-hydrogen) atoms. The summed E-state index contributed by atoms with van der Waals surface area (Å²) in [5, 5.41) is 10.1. The highest BCUT2D eigenvalue weighted by Gasteiger charge is 2.51. The first kappa shape index (κ1) is 22.1. The second-order valence-electron chi connectivity index (χ2n) is 9.06. The summed E-state index contributed by atoms with van der Waals surface area (Å²) < 4.78 is 6.86. The van der Waals surface area contributed by atoms with Gasteiger partial charge in [0.1, 0.15) is 5.60 Å². The van der Waals surface area contributed by atoms with Gasteiger partial charge in [0.2, 0.25) is 0 Å². The van der Waals surface area contributed by atoms with Crippen LogP contribution >= 0.6 is 0 Å². The maximum Gasteiger partial charge on any atom is 0.309 e. The summed E-state index contributed by atoms with van der Waals surface area (Å²) in [7, 11) is -1.02. The van der Waals surface area contributed by atoms with Crippen LogP contribution in [0.5, 0.6) is 0 Å². The molecule has 1 atom stereocenters. The highest BCUT2D eigenvalue weighted by molar-refractivity contribution is 6.32. The number of rotatable bonds is 8. The molecule has 0 aliphatic rings. The maximum absolute atomic E-state index is 12.2. The van der Waals surface area contributed by atoms with Gasteiger partial charge in [0.15, 0.2) is 9.76 Å². The SMILES string of the molecule is C=CC(C(C)(C)C(=O)O)C(O[SiH2]C(C)(C)C)(c1ccccc1)c1ccccc1. The van der Waals surface area contributed by atoms with E-state index < -0.39 is 32.7 Å². The first-order valence-corrected chi connectivity index (χ1v) is 10.9. The van der Waals surface area contributed by atoms with Gasteiger partial charge < -0.3 is 9.53 Å². The van der Waals surface area contributed by atoms with Crippen molar-refractivity contribution in [2.24, 2.45) is 11.3 Å². The van der Waals surface area contributed by atoms with E-state index in [2.05, 4.69) is 27.4 Å². The van der Waals surface area contributed by atoms with Crippen molar-refractivity contribution in [2.45, 2.75) is 45.3 Å².